The number of halogens is 1. The van der Waals surface area contributed by atoms with Crippen LogP contribution in [-0.4, -0.2) is 25.9 Å². The van der Waals surface area contributed by atoms with Crippen molar-refractivity contribution in [2.45, 2.75) is 52.6 Å². The monoisotopic (exact) mass is 413 g/mol. The second kappa shape index (κ2) is 10.0. The highest BCUT2D eigenvalue weighted by molar-refractivity contribution is 6.34. The molecule has 0 aliphatic heterocycles. The standard InChI is InChI=1S/C24H32ClN3O/c1-16(19-9-8-10-20(14-19)24(3,4)5)27-23(28-17(2)29-7)21-13-18(15-26-6)11-12-22(21)25/h8-14,16,26H,15H2,1-7H3/b27-23-,28-17+. The Morgan fingerprint density at radius 3 is 2.52 bits per heavy atom. The summed E-state index contributed by atoms with van der Waals surface area (Å²) in [4.78, 5) is 9.54. The number of benzene rings is 2. The van der Waals surface area contributed by atoms with Crippen LogP contribution in [0.15, 0.2) is 52.4 Å². The minimum Gasteiger partial charge on any atom is -0.484 e. The lowest BCUT2D eigenvalue weighted by Crippen LogP contribution is -2.12. The van der Waals surface area contributed by atoms with Gasteiger partial charge in [0.1, 0.15) is 0 Å². The Balaban J connectivity index is 2.53. The number of amidine groups is 1. The molecule has 29 heavy (non-hydrogen) atoms. The molecule has 5 heteroatoms. The van der Waals surface area contributed by atoms with Crippen molar-refractivity contribution < 1.29 is 4.74 Å². The van der Waals surface area contributed by atoms with Crippen molar-refractivity contribution in [2.24, 2.45) is 9.98 Å². The Kier molecular flexibility index (Phi) is 8.00. The van der Waals surface area contributed by atoms with Gasteiger partial charge >= 0.3 is 0 Å². The van der Waals surface area contributed by atoms with Crippen LogP contribution in [0.25, 0.3) is 0 Å². The van der Waals surface area contributed by atoms with Crippen LogP contribution in [0.3, 0.4) is 0 Å². The van der Waals surface area contributed by atoms with Crippen LogP contribution in [0.2, 0.25) is 5.02 Å². The van der Waals surface area contributed by atoms with Gasteiger partial charge in [-0.2, -0.15) is 4.99 Å². The number of aliphatic imine (C=N–C) groups is 2. The van der Waals surface area contributed by atoms with Crippen LogP contribution in [-0.2, 0) is 16.7 Å². The first-order chi connectivity index (χ1) is 13.7. The fraction of sp³-hybridized carbons (Fsp3) is 0.417. The Morgan fingerprint density at radius 1 is 1.17 bits per heavy atom. The summed E-state index contributed by atoms with van der Waals surface area (Å²) in [7, 11) is 3.52. The maximum atomic E-state index is 6.52. The molecule has 1 atom stereocenters. The molecule has 0 bridgehead atoms. The molecule has 0 saturated carbocycles. The van der Waals surface area contributed by atoms with E-state index in [1.54, 1.807) is 7.11 Å². The van der Waals surface area contributed by atoms with Gasteiger partial charge in [-0.25, -0.2) is 0 Å². The van der Waals surface area contributed by atoms with Crippen molar-refractivity contribution in [3.05, 3.63) is 69.7 Å². The molecule has 0 amide bonds. The van der Waals surface area contributed by atoms with E-state index in [2.05, 4.69) is 62.3 Å². The summed E-state index contributed by atoms with van der Waals surface area (Å²) >= 11 is 6.52. The highest BCUT2D eigenvalue weighted by Gasteiger charge is 2.17. The van der Waals surface area contributed by atoms with Crippen LogP contribution in [0.4, 0.5) is 0 Å². The number of rotatable bonds is 5. The van der Waals surface area contributed by atoms with Gasteiger partial charge in [-0.05, 0) is 48.2 Å². The van der Waals surface area contributed by atoms with Crippen LogP contribution in [0.5, 0.6) is 0 Å². The van der Waals surface area contributed by atoms with Gasteiger partial charge in [-0.3, -0.25) is 4.99 Å². The van der Waals surface area contributed by atoms with Gasteiger partial charge in [0, 0.05) is 19.0 Å². The van der Waals surface area contributed by atoms with E-state index in [1.807, 2.05) is 32.2 Å². The maximum absolute atomic E-state index is 6.52. The molecule has 0 heterocycles. The van der Waals surface area contributed by atoms with Gasteiger partial charge in [-0.1, -0.05) is 62.7 Å². The van der Waals surface area contributed by atoms with Gasteiger partial charge in [0.25, 0.3) is 0 Å². The molecule has 0 radical (unpaired) electrons. The summed E-state index contributed by atoms with van der Waals surface area (Å²) in [6.07, 6.45) is 0. The van der Waals surface area contributed by atoms with E-state index in [9.17, 15) is 0 Å². The second-order valence-electron chi connectivity index (χ2n) is 8.18. The molecule has 2 aromatic rings. The number of nitrogens with zero attached hydrogens (tertiary/aromatic N) is 2. The quantitative estimate of drug-likeness (QED) is 0.487. The molecule has 2 aromatic carbocycles. The largest absolute Gasteiger partial charge is 0.484 e. The van der Waals surface area contributed by atoms with Crippen molar-refractivity contribution in [3.8, 4) is 0 Å². The molecule has 1 unspecified atom stereocenters. The van der Waals surface area contributed by atoms with Gasteiger partial charge in [-0.15, -0.1) is 0 Å². The van der Waals surface area contributed by atoms with E-state index < -0.39 is 0 Å². The zero-order chi connectivity index (χ0) is 21.6. The predicted molar refractivity (Wildman–Crippen MR) is 124 cm³/mol. The topological polar surface area (TPSA) is 46.0 Å². The van der Waals surface area contributed by atoms with E-state index in [4.69, 9.17) is 21.3 Å². The summed E-state index contributed by atoms with van der Waals surface area (Å²) in [6.45, 7) is 11.3. The normalized spacial score (nSPS) is 14.1. The zero-order valence-electron chi connectivity index (χ0n) is 18.5. The summed E-state index contributed by atoms with van der Waals surface area (Å²) < 4.78 is 5.28. The van der Waals surface area contributed by atoms with Crippen molar-refractivity contribution in [1.29, 1.82) is 0 Å². The van der Waals surface area contributed by atoms with Gasteiger partial charge in [0.15, 0.2) is 11.7 Å². The molecule has 4 nitrogen and oxygen atoms in total. The van der Waals surface area contributed by atoms with Crippen LogP contribution in [0, 0.1) is 0 Å². The minimum absolute atomic E-state index is 0.0790. The third-order valence-corrected chi connectivity index (χ3v) is 5.09. The Labute approximate surface area is 180 Å². The fourth-order valence-electron chi connectivity index (χ4n) is 2.93. The van der Waals surface area contributed by atoms with E-state index in [1.165, 1.54) is 5.56 Å². The first kappa shape index (κ1) is 23.1. The summed E-state index contributed by atoms with van der Waals surface area (Å²) in [5, 5.41) is 3.78. The number of hydrogen-bond donors (Lipinski definition) is 1. The average molecular weight is 414 g/mol. The number of nitrogens with one attached hydrogen (secondary N) is 1. The van der Waals surface area contributed by atoms with Crippen molar-refractivity contribution in [2.75, 3.05) is 14.2 Å². The fourth-order valence-corrected chi connectivity index (χ4v) is 3.14. The van der Waals surface area contributed by atoms with Gasteiger partial charge in [0.05, 0.1) is 18.2 Å². The first-order valence-corrected chi connectivity index (χ1v) is 10.2. The Bertz CT molecular complexity index is 897. The van der Waals surface area contributed by atoms with Crippen LogP contribution < -0.4 is 5.32 Å². The van der Waals surface area contributed by atoms with Crippen molar-refractivity contribution in [1.82, 2.24) is 5.32 Å². The second-order valence-corrected chi connectivity index (χ2v) is 8.59. The first-order valence-electron chi connectivity index (χ1n) is 9.86. The minimum atomic E-state index is -0.0790. The molecule has 0 fully saturated rings. The van der Waals surface area contributed by atoms with Gasteiger partial charge in [0.2, 0.25) is 0 Å². The average Bonchev–Trinajstić information content (AvgIpc) is 2.68. The van der Waals surface area contributed by atoms with E-state index in [0.29, 0.717) is 16.8 Å². The SMILES string of the molecule is CNCc1ccc(Cl)c(C(=N/C(C)c2cccc(C(C)(C)C)c2)/N=C(\C)OC)c1. The highest BCUT2D eigenvalue weighted by atomic mass is 35.5. The van der Waals surface area contributed by atoms with E-state index >= 15 is 0 Å². The van der Waals surface area contributed by atoms with Crippen LogP contribution in [0.1, 0.15) is 62.9 Å². The molecule has 156 valence electrons. The van der Waals surface area contributed by atoms with E-state index in [0.717, 1.165) is 23.2 Å². The Hall–Kier alpha value is -2.17. The molecule has 0 aromatic heterocycles. The number of methoxy groups -OCH3 is 1. The molecule has 0 saturated heterocycles. The Morgan fingerprint density at radius 2 is 1.90 bits per heavy atom. The molecule has 0 aliphatic carbocycles. The molecular weight excluding hydrogens is 382 g/mol. The smallest absolute Gasteiger partial charge is 0.186 e. The lowest BCUT2D eigenvalue weighted by molar-refractivity contribution is 0.401. The zero-order valence-corrected chi connectivity index (χ0v) is 19.3. The van der Waals surface area contributed by atoms with Gasteiger partial charge < -0.3 is 10.1 Å². The summed E-state index contributed by atoms with van der Waals surface area (Å²) in [5.74, 6) is 1.11. The molecule has 0 spiro atoms. The van der Waals surface area contributed by atoms with Crippen LogP contribution >= 0.6 is 11.6 Å². The molecule has 1 N–H and O–H groups in total. The maximum Gasteiger partial charge on any atom is 0.186 e. The third kappa shape index (κ3) is 6.41. The number of ether oxygens (including phenoxy) is 1. The molecular formula is C24H32ClN3O. The summed E-state index contributed by atoms with van der Waals surface area (Å²) in [6, 6.07) is 14.4. The highest BCUT2D eigenvalue weighted by Crippen LogP contribution is 2.28. The van der Waals surface area contributed by atoms with Crippen molar-refractivity contribution >= 4 is 23.3 Å². The third-order valence-electron chi connectivity index (χ3n) is 4.76. The predicted octanol–water partition coefficient (Wildman–Crippen LogP) is 5.93. The lowest BCUT2D eigenvalue weighted by atomic mass is 9.85. The summed E-state index contributed by atoms with van der Waals surface area (Å²) in [5.41, 5.74) is 4.42. The number of hydrogen-bond acceptors (Lipinski definition) is 3. The molecule has 0 aliphatic rings. The molecule has 2 rings (SSSR count). The van der Waals surface area contributed by atoms with E-state index in [-0.39, 0.29) is 11.5 Å². The van der Waals surface area contributed by atoms with Crippen molar-refractivity contribution in [3.63, 3.8) is 0 Å². The lowest BCUT2D eigenvalue weighted by Gasteiger charge is -2.21.